The smallest absolute Gasteiger partial charge is 0.336 e. The Morgan fingerprint density at radius 2 is 2.05 bits per heavy atom. The number of aromatic carboxylic acids is 1. The van der Waals surface area contributed by atoms with Gasteiger partial charge in [0.2, 0.25) is 0 Å². The Hall–Kier alpha value is -1.93. The lowest BCUT2D eigenvalue weighted by Crippen LogP contribution is -2.13. The molecule has 0 bridgehead atoms. The van der Waals surface area contributed by atoms with E-state index in [9.17, 15) is 17.6 Å². The zero-order valence-electron chi connectivity index (χ0n) is 10.3. The zero-order chi connectivity index (χ0) is 14.9. The van der Waals surface area contributed by atoms with Gasteiger partial charge in [0.15, 0.2) is 0 Å². The molecule has 1 aromatic heterocycles. The van der Waals surface area contributed by atoms with Crippen molar-refractivity contribution in [3.63, 3.8) is 0 Å². The van der Waals surface area contributed by atoms with Gasteiger partial charge in [0, 0.05) is 5.38 Å². The monoisotopic (exact) mass is 315 g/mol. The molecule has 0 aliphatic carbocycles. The van der Waals surface area contributed by atoms with Gasteiger partial charge in [-0.15, -0.1) is 11.3 Å². The maximum Gasteiger partial charge on any atom is 0.336 e. The Balaban J connectivity index is 2.35. The third kappa shape index (κ3) is 2.97. The first-order valence-electron chi connectivity index (χ1n) is 5.40. The van der Waals surface area contributed by atoms with Crippen molar-refractivity contribution in [2.45, 2.75) is 11.1 Å². The number of hydrogen-bond donors (Lipinski definition) is 2. The highest BCUT2D eigenvalue weighted by molar-refractivity contribution is 7.94. The fourth-order valence-corrected chi connectivity index (χ4v) is 3.69. The molecule has 2 aromatic rings. The molecule has 0 fully saturated rings. The Morgan fingerprint density at radius 1 is 1.35 bits per heavy atom. The highest BCUT2D eigenvalue weighted by atomic mass is 32.2. The maximum absolute atomic E-state index is 13.5. The van der Waals surface area contributed by atoms with E-state index in [0.29, 0.717) is 5.56 Å². The Morgan fingerprint density at radius 3 is 2.65 bits per heavy atom. The minimum absolute atomic E-state index is 0.125. The molecule has 5 nitrogen and oxygen atoms in total. The molecule has 0 spiro atoms. The molecule has 0 aliphatic heterocycles. The second-order valence-electron chi connectivity index (χ2n) is 4.05. The summed E-state index contributed by atoms with van der Waals surface area (Å²) in [5.74, 6) is -1.92. The van der Waals surface area contributed by atoms with Gasteiger partial charge in [-0.1, -0.05) is 6.07 Å². The van der Waals surface area contributed by atoms with Gasteiger partial charge in [-0.2, -0.15) is 0 Å². The van der Waals surface area contributed by atoms with Crippen molar-refractivity contribution in [2.75, 3.05) is 4.72 Å². The lowest BCUT2D eigenvalue weighted by atomic mass is 10.2. The molecule has 0 unspecified atom stereocenters. The van der Waals surface area contributed by atoms with Gasteiger partial charge < -0.3 is 5.11 Å². The van der Waals surface area contributed by atoms with Crippen LogP contribution in [0.5, 0.6) is 0 Å². The number of aryl methyl sites for hydroxylation is 1. The molecule has 1 aromatic carbocycles. The zero-order valence-corrected chi connectivity index (χ0v) is 11.9. The van der Waals surface area contributed by atoms with Crippen LogP contribution in [0.15, 0.2) is 33.9 Å². The Bertz CT molecular complexity index is 768. The van der Waals surface area contributed by atoms with E-state index in [1.165, 1.54) is 17.5 Å². The van der Waals surface area contributed by atoms with E-state index in [1.54, 1.807) is 6.92 Å². The molecule has 20 heavy (non-hydrogen) atoms. The number of benzene rings is 1. The molecule has 0 saturated carbocycles. The summed E-state index contributed by atoms with van der Waals surface area (Å²) in [6.45, 7) is 1.70. The molecule has 8 heteroatoms. The van der Waals surface area contributed by atoms with Gasteiger partial charge in [-0.05, 0) is 30.7 Å². The number of carbonyl (C=O) groups is 1. The fourth-order valence-electron chi connectivity index (χ4n) is 1.48. The molecule has 2 N–H and O–H groups in total. The van der Waals surface area contributed by atoms with Gasteiger partial charge in [0.05, 0.1) is 11.3 Å². The number of rotatable bonds is 4. The SMILES string of the molecule is Cc1ccc(F)c(NS(=O)(=O)c2cc(C(=O)O)cs2)c1. The molecule has 106 valence electrons. The summed E-state index contributed by atoms with van der Waals surface area (Å²) in [6.07, 6.45) is 0. The van der Waals surface area contributed by atoms with Crippen molar-refractivity contribution in [2.24, 2.45) is 0 Å². The summed E-state index contributed by atoms with van der Waals surface area (Å²) in [5.41, 5.74) is 0.400. The first-order valence-corrected chi connectivity index (χ1v) is 7.76. The molecule has 0 aliphatic rings. The first kappa shape index (κ1) is 14.5. The van der Waals surface area contributed by atoms with Crippen LogP contribution < -0.4 is 4.72 Å². The van der Waals surface area contributed by atoms with E-state index in [0.717, 1.165) is 23.5 Å². The van der Waals surface area contributed by atoms with Crippen molar-refractivity contribution in [1.29, 1.82) is 0 Å². The van der Waals surface area contributed by atoms with Crippen LogP contribution in [0.25, 0.3) is 0 Å². The normalized spacial score (nSPS) is 11.3. The molecule has 0 amide bonds. The molecule has 1 heterocycles. The number of thiophene rings is 1. The van der Waals surface area contributed by atoms with Gasteiger partial charge in [0.1, 0.15) is 10.0 Å². The summed E-state index contributed by atoms with van der Waals surface area (Å²) >= 11 is 0.760. The number of hydrogen-bond acceptors (Lipinski definition) is 4. The predicted molar refractivity (Wildman–Crippen MR) is 73.2 cm³/mol. The minimum Gasteiger partial charge on any atom is -0.478 e. The van der Waals surface area contributed by atoms with Gasteiger partial charge >= 0.3 is 5.97 Å². The number of sulfonamides is 1. The van der Waals surface area contributed by atoms with Crippen molar-refractivity contribution in [1.82, 2.24) is 0 Å². The van der Waals surface area contributed by atoms with Crippen LogP contribution in [-0.2, 0) is 10.0 Å². The van der Waals surface area contributed by atoms with Gasteiger partial charge in [-0.25, -0.2) is 17.6 Å². The quantitative estimate of drug-likeness (QED) is 0.908. The number of nitrogens with one attached hydrogen (secondary N) is 1. The highest BCUT2D eigenvalue weighted by Gasteiger charge is 2.20. The van der Waals surface area contributed by atoms with E-state index in [2.05, 4.69) is 4.72 Å². The average molecular weight is 315 g/mol. The third-order valence-electron chi connectivity index (χ3n) is 2.45. The Labute approximate surface area is 118 Å². The maximum atomic E-state index is 13.5. The second kappa shape index (κ2) is 5.22. The van der Waals surface area contributed by atoms with Crippen LogP contribution in [0.4, 0.5) is 10.1 Å². The van der Waals surface area contributed by atoms with Crippen LogP contribution in [0, 0.1) is 12.7 Å². The van der Waals surface area contributed by atoms with E-state index in [-0.39, 0.29) is 15.5 Å². The average Bonchev–Trinajstić information content (AvgIpc) is 2.84. The molecular weight excluding hydrogens is 305 g/mol. The van der Waals surface area contributed by atoms with Crippen molar-refractivity contribution >= 4 is 33.0 Å². The first-order chi connectivity index (χ1) is 9.29. The van der Waals surface area contributed by atoms with Crippen molar-refractivity contribution in [3.05, 3.63) is 46.6 Å². The van der Waals surface area contributed by atoms with Gasteiger partial charge in [-0.3, -0.25) is 4.72 Å². The van der Waals surface area contributed by atoms with E-state index in [4.69, 9.17) is 5.11 Å². The largest absolute Gasteiger partial charge is 0.478 e. The molecule has 2 rings (SSSR count). The number of carboxylic acids is 1. The minimum atomic E-state index is -4.00. The molecule has 0 saturated heterocycles. The predicted octanol–water partition coefficient (Wildman–Crippen LogP) is 2.69. The summed E-state index contributed by atoms with van der Waals surface area (Å²) < 4.78 is 39.5. The topological polar surface area (TPSA) is 83.5 Å². The second-order valence-corrected chi connectivity index (χ2v) is 6.87. The van der Waals surface area contributed by atoms with E-state index in [1.807, 2.05) is 0 Å². The lowest BCUT2D eigenvalue weighted by Gasteiger charge is -2.07. The number of halogens is 1. The molecule has 0 atom stereocenters. The van der Waals surface area contributed by atoms with Crippen LogP contribution in [0.2, 0.25) is 0 Å². The lowest BCUT2D eigenvalue weighted by molar-refractivity contribution is 0.0697. The van der Waals surface area contributed by atoms with Crippen LogP contribution in [0.1, 0.15) is 15.9 Å². The van der Waals surface area contributed by atoms with Crippen molar-refractivity contribution < 1.29 is 22.7 Å². The van der Waals surface area contributed by atoms with Crippen LogP contribution in [-0.4, -0.2) is 19.5 Å². The summed E-state index contributed by atoms with van der Waals surface area (Å²) in [4.78, 5) is 10.7. The van der Waals surface area contributed by atoms with E-state index < -0.39 is 21.8 Å². The fraction of sp³-hybridized carbons (Fsp3) is 0.0833. The van der Waals surface area contributed by atoms with Crippen LogP contribution in [0.3, 0.4) is 0 Å². The van der Waals surface area contributed by atoms with E-state index >= 15 is 0 Å². The molecule has 0 radical (unpaired) electrons. The summed E-state index contributed by atoms with van der Waals surface area (Å²) in [7, 11) is -4.00. The van der Waals surface area contributed by atoms with Crippen LogP contribution >= 0.6 is 11.3 Å². The highest BCUT2D eigenvalue weighted by Crippen LogP contribution is 2.25. The summed E-state index contributed by atoms with van der Waals surface area (Å²) in [6, 6.07) is 5.06. The standard InChI is InChI=1S/C12H10FNO4S2/c1-7-2-3-9(13)10(4-7)14-20(17,18)11-5-8(6-19-11)12(15)16/h2-6,14H,1H3,(H,15,16). The Kier molecular flexibility index (Phi) is 3.78. The number of anilines is 1. The van der Waals surface area contributed by atoms with Crippen molar-refractivity contribution in [3.8, 4) is 0 Å². The molecular formula is C12H10FNO4S2. The van der Waals surface area contributed by atoms with Gasteiger partial charge in [0.25, 0.3) is 10.0 Å². The summed E-state index contributed by atoms with van der Waals surface area (Å²) in [5, 5.41) is 9.98. The number of carboxylic acid groups (broad SMARTS) is 1. The third-order valence-corrected chi connectivity index (χ3v) is 5.26.